The average molecular weight is 242 g/mol. The first kappa shape index (κ1) is 13.1. The van der Waals surface area contributed by atoms with Crippen molar-refractivity contribution >= 4 is 17.3 Å². The molecular weight excluding hydrogens is 224 g/mol. The standard InChI is InChI=1S/C11H18N2O2S/c1-7(12-6-5-10(14)15-4)11-8(2)16-9(3)13-11/h7,12H,5-6H2,1-4H3. The highest BCUT2D eigenvalue weighted by molar-refractivity contribution is 7.11. The van der Waals surface area contributed by atoms with E-state index in [-0.39, 0.29) is 12.0 Å². The van der Waals surface area contributed by atoms with Gasteiger partial charge in [0.1, 0.15) is 0 Å². The molecule has 0 saturated carbocycles. The van der Waals surface area contributed by atoms with Crippen LogP contribution < -0.4 is 5.32 Å². The summed E-state index contributed by atoms with van der Waals surface area (Å²) in [6, 6.07) is 0.176. The topological polar surface area (TPSA) is 51.2 Å². The van der Waals surface area contributed by atoms with Gasteiger partial charge in [0.15, 0.2) is 0 Å². The molecule has 0 aliphatic heterocycles. The third kappa shape index (κ3) is 3.57. The Kier molecular flexibility index (Phi) is 4.89. The van der Waals surface area contributed by atoms with Crippen LogP contribution in [0.4, 0.5) is 0 Å². The first-order valence-electron chi connectivity index (χ1n) is 5.28. The summed E-state index contributed by atoms with van der Waals surface area (Å²) in [5.74, 6) is -0.189. The van der Waals surface area contributed by atoms with Gasteiger partial charge in [-0.3, -0.25) is 4.79 Å². The second kappa shape index (κ2) is 5.96. The number of esters is 1. The summed E-state index contributed by atoms with van der Waals surface area (Å²) in [5, 5.41) is 4.34. The SMILES string of the molecule is COC(=O)CCNC(C)c1nc(C)sc1C. The number of hydrogen-bond acceptors (Lipinski definition) is 5. The highest BCUT2D eigenvalue weighted by Crippen LogP contribution is 2.22. The second-order valence-corrected chi connectivity index (χ2v) is 5.08. The molecule has 1 N–H and O–H groups in total. The van der Waals surface area contributed by atoms with Crippen LogP contribution >= 0.6 is 11.3 Å². The maximum Gasteiger partial charge on any atom is 0.306 e. The fraction of sp³-hybridized carbons (Fsp3) is 0.636. The van der Waals surface area contributed by atoms with Gasteiger partial charge >= 0.3 is 5.97 Å². The van der Waals surface area contributed by atoms with Crippen LogP contribution in [0, 0.1) is 13.8 Å². The molecule has 1 rings (SSSR count). The zero-order valence-electron chi connectivity index (χ0n) is 10.2. The van der Waals surface area contributed by atoms with E-state index in [2.05, 4.69) is 28.9 Å². The van der Waals surface area contributed by atoms with Gasteiger partial charge in [0, 0.05) is 17.5 Å². The van der Waals surface area contributed by atoms with E-state index in [0.29, 0.717) is 13.0 Å². The van der Waals surface area contributed by atoms with Crippen LogP contribution in [0.2, 0.25) is 0 Å². The molecule has 0 radical (unpaired) electrons. The van der Waals surface area contributed by atoms with Crippen molar-refractivity contribution in [1.29, 1.82) is 0 Å². The van der Waals surface area contributed by atoms with Crippen LogP contribution in [0.1, 0.15) is 35.0 Å². The molecule has 0 amide bonds. The Hall–Kier alpha value is -0.940. The van der Waals surface area contributed by atoms with Crippen LogP contribution in [-0.2, 0) is 9.53 Å². The van der Waals surface area contributed by atoms with E-state index < -0.39 is 0 Å². The molecule has 0 aliphatic rings. The maximum atomic E-state index is 10.9. The molecule has 5 heteroatoms. The monoisotopic (exact) mass is 242 g/mol. The number of carbonyl (C=O) groups is 1. The summed E-state index contributed by atoms with van der Waals surface area (Å²) >= 11 is 1.70. The van der Waals surface area contributed by atoms with Crippen molar-refractivity contribution < 1.29 is 9.53 Å². The molecule has 1 aromatic heterocycles. The fourth-order valence-electron chi connectivity index (χ4n) is 1.54. The van der Waals surface area contributed by atoms with Crippen molar-refractivity contribution in [3.8, 4) is 0 Å². The van der Waals surface area contributed by atoms with Crippen molar-refractivity contribution in [1.82, 2.24) is 10.3 Å². The highest BCUT2D eigenvalue weighted by Gasteiger charge is 2.12. The predicted octanol–water partition coefficient (Wildman–Crippen LogP) is 1.97. The van der Waals surface area contributed by atoms with E-state index >= 15 is 0 Å². The number of methoxy groups -OCH3 is 1. The first-order chi connectivity index (χ1) is 7.54. The number of nitrogens with one attached hydrogen (secondary N) is 1. The van der Waals surface area contributed by atoms with Gasteiger partial charge in [-0.15, -0.1) is 11.3 Å². The van der Waals surface area contributed by atoms with E-state index in [1.54, 1.807) is 11.3 Å². The summed E-state index contributed by atoms with van der Waals surface area (Å²) < 4.78 is 4.57. The zero-order chi connectivity index (χ0) is 12.1. The molecule has 1 heterocycles. The predicted molar refractivity (Wildman–Crippen MR) is 64.6 cm³/mol. The van der Waals surface area contributed by atoms with E-state index in [1.807, 2.05) is 6.92 Å². The molecule has 0 bridgehead atoms. The van der Waals surface area contributed by atoms with Gasteiger partial charge in [0.25, 0.3) is 0 Å². The Morgan fingerprint density at radius 1 is 1.56 bits per heavy atom. The fourth-order valence-corrected chi connectivity index (χ4v) is 2.45. The molecule has 0 saturated heterocycles. The van der Waals surface area contributed by atoms with E-state index in [1.165, 1.54) is 12.0 Å². The van der Waals surface area contributed by atoms with Gasteiger partial charge in [-0.25, -0.2) is 4.98 Å². The number of hydrogen-bond donors (Lipinski definition) is 1. The summed E-state index contributed by atoms with van der Waals surface area (Å²) in [4.78, 5) is 16.6. The lowest BCUT2D eigenvalue weighted by molar-refractivity contribution is -0.140. The normalized spacial score (nSPS) is 12.5. The number of rotatable bonds is 5. The third-order valence-corrected chi connectivity index (χ3v) is 3.26. The number of nitrogens with zero attached hydrogens (tertiary/aromatic N) is 1. The Morgan fingerprint density at radius 2 is 2.25 bits per heavy atom. The smallest absolute Gasteiger partial charge is 0.306 e. The molecule has 1 atom stereocenters. The average Bonchev–Trinajstić information content (AvgIpc) is 2.57. The summed E-state index contributed by atoms with van der Waals surface area (Å²) in [6.45, 7) is 6.74. The molecule has 0 fully saturated rings. The van der Waals surface area contributed by atoms with Crippen molar-refractivity contribution in [3.63, 3.8) is 0 Å². The van der Waals surface area contributed by atoms with E-state index in [4.69, 9.17) is 0 Å². The van der Waals surface area contributed by atoms with Crippen molar-refractivity contribution in [2.24, 2.45) is 0 Å². The molecule has 1 aromatic rings. The summed E-state index contributed by atoms with van der Waals surface area (Å²) in [6.07, 6.45) is 0.392. The minimum absolute atomic E-state index is 0.176. The Morgan fingerprint density at radius 3 is 2.75 bits per heavy atom. The Balaban J connectivity index is 2.43. The number of aromatic nitrogens is 1. The van der Waals surface area contributed by atoms with Gasteiger partial charge in [0.05, 0.1) is 24.2 Å². The lowest BCUT2D eigenvalue weighted by Gasteiger charge is -2.11. The number of carbonyl (C=O) groups excluding carboxylic acids is 1. The van der Waals surface area contributed by atoms with E-state index in [0.717, 1.165) is 10.7 Å². The van der Waals surface area contributed by atoms with Gasteiger partial charge in [-0.2, -0.15) is 0 Å². The van der Waals surface area contributed by atoms with Crippen molar-refractivity contribution in [2.75, 3.05) is 13.7 Å². The minimum Gasteiger partial charge on any atom is -0.469 e. The summed E-state index contributed by atoms with van der Waals surface area (Å²) in [5.41, 5.74) is 1.08. The molecule has 16 heavy (non-hydrogen) atoms. The first-order valence-corrected chi connectivity index (χ1v) is 6.10. The Labute approximate surface area is 100 Å². The van der Waals surface area contributed by atoms with Crippen LogP contribution in [0.5, 0.6) is 0 Å². The van der Waals surface area contributed by atoms with Crippen LogP contribution in [-0.4, -0.2) is 24.6 Å². The van der Waals surface area contributed by atoms with Crippen molar-refractivity contribution in [2.45, 2.75) is 33.2 Å². The van der Waals surface area contributed by atoms with Gasteiger partial charge in [-0.1, -0.05) is 0 Å². The van der Waals surface area contributed by atoms with Gasteiger partial charge in [-0.05, 0) is 20.8 Å². The zero-order valence-corrected chi connectivity index (χ0v) is 11.0. The number of aryl methyl sites for hydroxylation is 2. The van der Waals surface area contributed by atoms with Crippen molar-refractivity contribution in [3.05, 3.63) is 15.6 Å². The molecule has 0 aromatic carbocycles. The quantitative estimate of drug-likeness (QED) is 0.802. The largest absolute Gasteiger partial charge is 0.469 e. The minimum atomic E-state index is -0.189. The maximum absolute atomic E-state index is 10.9. The lowest BCUT2D eigenvalue weighted by atomic mass is 10.2. The highest BCUT2D eigenvalue weighted by atomic mass is 32.1. The van der Waals surface area contributed by atoms with Crippen LogP contribution in [0.15, 0.2) is 0 Å². The van der Waals surface area contributed by atoms with Gasteiger partial charge < -0.3 is 10.1 Å². The summed E-state index contributed by atoms with van der Waals surface area (Å²) in [7, 11) is 1.40. The Bertz CT molecular complexity index is 363. The molecule has 90 valence electrons. The number of ether oxygens (including phenoxy) is 1. The molecule has 0 aliphatic carbocycles. The molecule has 1 unspecified atom stereocenters. The lowest BCUT2D eigenvalue weighted by Crippen LogP contribution is -2.23. The van der Waals surface area contributed by atoms with Crippen LogP contribution in [0.25, 0.3) is 0 Å². The second-order valence-electron chi connectivity index (χ2n) is 3.68. The van der Waals surface area contributed by atoms with Gasteiger partial charge in [0.2, 0.25) is 0 Å². The number of thiazole rings is 1. The molecule has 4 nitrogen and oxygen atoms in total. The third-order valence-electron chi connectivity index (χ3n) is 2.36. The molecule has 0 spiro atoms. The van der Waals surface area contributed by atoms with E-state index in [9.17, 15) is 4.79 Å². The molecular formula is C11H18N2O2S. The van der Waals surface area contributed by atoms with Crippen LogP contribution in [0.3, 0.4) is 0 Å².